The van der Waals surface area contributed by atoms with E-state index in [0.717, 1.165) is 12.8 Å². The van der Waals surface area contributed by atoms with Crippen LogP contribution in [0, 0.1) is 5.41 Å². The van der Waals surface area contributed by atoms with Crippen LogP contribution in [-0.4, -0.2) is 17.3 Å². The fourth-order valence-corrected chi connectivity index (χ4v) is 1.37. The minimum absolute atomic E-state index is 0.0256. The summed E-state index contributed by atoms with van der Waals surface area (Å²) < 4.78 is 4.94. The molecule has 0 saturated carbocycles. The first-order chi connectivity index (χ1) is 7.69. The van der Waals surface area contributed by atoms with Crippen molar-refractivity contribution >= 4 is 12.3 Å². The molecule has 0 aliphatic heterocycles. The Labute approximate surface area is 94.1 Å². The fourth-order valence-electron chi connectivity index (χ4n) is 1.37. The molecule has 3 N–H and O–H groups in total. The number of nitrogens with one attached hydrogen (secondary N) is 1. The summed E-state index contributed by atoms with van der Waals surface area (Å²) in [6.07, 6.45) is 2.82. The van der Waals surface area contributed by atoms with Crippen LogP contribution in [0.15, 0.2) is 18.3 Å². The van der Waals surface area contributed by atoms with Gasteiger partial charge in [-0.3, -0.25) is 15.2 Å². The number of aromatic nitrogens is 1. The van der Waals surface area contributed by atoms with Gasteiger partial charge in [-0.15, -0.1) is 0 Å². The normalized spacial score (nSPS) is 11.8. The molecule has 5 nitrogen and oxygen atoms in total. The third kappa shape index (κ3) is 3.05. The number of amidine groups is 1. The summed E-state index contributed by atoms with van der Waals surface area (Å²) in [5.41, 5.74) is 6.55. The molecule has 0 amide bonds. The molecule has 0 aliphatic carbocycles. The number of hydrogen-bond acceptors (Lipinski definition) is 4. The van der Waals surface area contributed by atoms with Crippen molar-refractivity contribution in [3.8, 4) is 0 Å². The summed E-state index contributed by atoms with van der Waals surface area (Å²) >= 11 is 0. The van der Waals surface area contributed by atoms with Gasteiger partial charge in [0.15, 0.2) is 0 Å². The average Bonchev–Trinajstić information content (AvgIpc) is 2.29. The van der Waals surface area contributed by atoms with E-state index in [4.69, 9.17) is 15.9 Å². The van der Waals surface area contributed by atoms with Gasteiger partial charge < -0.3 is 10.5 Å². The van der Waals surface area contributed by atoms with Gasteiger partial charge in [0, 0.05) is 11.8 Å². The van der Waals surface area contributed by atoms with Gasteiger partial charge in [-0.2, -0.15) is 0 Å². The highest BCUT2D eigenvalue weighted by Gasteiger charge is 2.12. The first-order valence-electron chi connectivity index (χ1n) is 5.08. The molecule has 0 spiro atoms. The van der Waals surface area contributed by atoms with E-state index < -0.39 is 0 Å². The fraction of sp³-hybridized carbons (Fsp3) is 0.364. The number of ether oxygens (including phenoxy) is 1. The van der Waals surface area contributed by atoms with E-state index in [1.807, 2.05) is 6.92 Å². The van der Waals surface area contributed by atoms with E-state index in [-0.39, 0.29) is 11.9 Å². The predicted octanol–water partition coefficient (Wildman–Crippen LogP) is 1.38. The zero-order chi connectivity index (χ0) is 12.0. The van der Waals surface area contributed by atoms with Crippen molar-refractivity contribution in [1.82, 2.24) is 4.98 Å². The minimum atomic E-state index is -0.316. The van der Waals surface area contributed by atoms with Crippen LogP contribution >= 0.6 is 0 Å². The molecule has 1 rings (SSSR count). The van der Waals surface area contributed by atoms with Crippen molar-refractivity contribution in [2.45, 2.75) is 25.9 Å². The first kappa shape index (κ1) is 12.2. The lowest BCUT2D eigenvalue weighted by Crippen LogP contribution is -2.12. The number of carbonyl (C=O) groups excluding carboxylic acids is 1. The van der Waals surface area contributed by atoms with Gasteiger partial charge in [-0.05, 0) is 18.6 Å². The van der Waals surface area contributed by atoms with Crippen molar-refractivity contribution < 1.29 is 9.53 Å². The molecule has 0 fully saturated rings. The maximum Gasteiger partial charge on any atom is 0.293 e. The Kier molecular flexibility index (Phi) is 4.44. The molecule has 0 saturated heterocycles. The van der Waals surface area contributed by atoms with Crippen molar-refractivity contribution in [2.24, 2.45) is 5.73 Å². The van der Waals surface area contributed by atoms with E-state index in [1.165, 1.54) is 6.20 Å². The van der Waals surface area contributed by atoms with Crippen LogP contribution in [0.1, 0.15) is 37.1 Å². The maximum atomic E-state index is 10.3. The second-order valence-corrected chi connectivity index (χ2v) is 3.40. The number of nitrogens with two attached hydrogens (primary N) is 1. The number of carbonyl (C=O) groups is 1. The first-order valence-corrected chi connectivity index (χ1v) is 5.08. The number of nitrogen functional groups attached to an aromatic ring is 1. The van der Waals surface area contributed by atoms with Gasteiger partial charge in [-0.1, -0.05) is 13.3 Å². The summed E-state index contributed by atoms with van der Waals surface area (Å²) in [6.45, 7) is 2.44. The molecule has 5 heteroatoms. The lowest BCUT2D eigenvalue weighted by molar-refractivity contribution is -0.134. The highest BCUT2D eigenvalue weighted by atomic mass is 16.5. The van der Waals surface area contributed by atoms with Crippen molar-refractivity contribution in [3.05, 3.63) is 29.6 Å². The summed E-state index contributed by atoms with van der Waals surface area (Å²) in [6, 6.07) is 3.42. The standard InChI is InChI=1S/C11H15N3O2/c1-2-3-10(16-7-15)9-5-4-8(6-14-9)11(12)13/h4-7,10H,2-3H2,1H3,(H3,12,13). The lowest BCUT2D eigenvalue weighted by Gasteiger charge is -2.13. The van der Waals surface area contributed by atoms with Gasteiger partial charge in [0.25, 0.3) is 6.47 Å². The van der Waals surface area contributed by atoms with Crippen molar-refractivity contribution in [2.75, 3.05) is 0 Å². The summed E-state index contributed by atoms with van der Waals surface area (Å²) in [4.78, 5) is 14.5. The Balaban J connectivity index is 2.84. The van der Waals surface area contributed by atoms with Crippen LogP contribution in [-0.2, 0) is 9.53 Å². The third-order valence-corrected chi connectivity index (χ3v) is 2.20. The number of rotatable bonds is 6. The van der Waals surface area contributed by atoms with Crippen molar-refractivity contribution in [1.29, 1.82) is 5.41 Å². The molecule has 0 aromatic carbocycles. The highest BCUT2D eigenvalue weighted by molar-refractivity contribution is 5.94. The zero-order valence-electron chi connectivity index (χ0n) is 9.14. The SMILES string of the molecule is CCCC(OC=O)c1ccc(C(=N)N)cn1. The minimum Gasteiger partial charge on any atom is -0.458 e. The predicted molar refractivity (Wildman–Crippen MR) is 60.1 cm³/mol. The molecular weight excluding hydrogens is 206 g/mol. The monoisotopic (exact) mass is 221 g/mol. The third-order valence-electron chi connectivity index (χ3n) is 2.20. The summed E-state index contributed by atoms with van der Waals surface area (Å²) in [5, 5.41) is 7.23. The Morgan fingerprint density at radius 3 is 2.88 bits per heavy atom. The zero-order valence-corrected chi connectivity index (χ0v) is 9.14. The molecule has 0 aliphatic rings. The summed E-state index contributed by atoms with van der Waals surface area (Å²) in [7, 11) is 0. The Bertz CT molecular complexity index is 362. The lowest BCUT2D eigenvalue weighted by atomic mass is 10.1. The summed E-state index contributed by atoms with van der Waals surface area (Å²) in [5.74, 6) is -0.0256. The van der Waals surface area contributed by atoms with Gasteiger partial charge in [0.05, 0.1) is 5.69 Å². The van der Waals surface area contributed by atoms with E-state index in [9.17, 15) is 4.79 Å². The van der Waals surface area contributed by atoms with Gasteiger partial charge in [0.1, 0.15) is 11.9 Å². The molecule has 86 valence electrons. The average molecular weight is 221 g/mol. The van der Waals surface area contributed by atoms with Gasteiger partial charge in [0.2, 0.25) is 0 Å². The molecule has 1 atom stereocenters. The Morgan fingerprint density at radius 2 is 2.44 bits per heavy atom. The van der Waals surface area contributed by atoms with Crippen molar-refractivity contribution in [3.63, 3.8) is 0 Å². The van der Waals surface area contributed by atoms with Crippen LogP contribution in [0.3, 0.4) is 0 Å². The molecule has 1 aromatic heterocycles. The van der Waals surface area contributed by atoms with E-state index in [2.05, 4.69) is 4.98 Å². The van der Waals surface area contributed by atoms with Crippen LogP contribution in [0.5, 0.6) is 0 Å². The second kappa shape index (κ2) is 5.85. The molecule has 1 unspecified atom stereocenters. The molecule has 0 radical (unpaired) electrons. The Hall–Kier alpha value is -1.91. The molecule has 0 bridgehead atoms. The number of pyridine rings is 1. The smallest absolute Gasteiger partial charge is 0.293 e. The van der Waals surface area contributed by atoms with E-state index in [1.54, 1.807) is 12.1 Å². The topological polar surface area (TPSA) is 89.1 Å². The molecule has 1 aromatic rings. The van der Waals surface area contributed by atoms with E-state index in [0.29, 0.717) is 17.7 Å². The van der Waals surface area contributed by atoms with Crippen LogP contribution in [0.25, 0.3) is 0 Å². The molecule has 16 heavy (non-hydrogen) atoms. The Morgan fingerprint density at radius 1 is 1.69 bits per heavy atom. The molecular formula is C11H15N3O2. The van der Waals surface area contributed by atoms with E-state index >= 15 is 0 Å². The van der Waals surface area contributed by atoms with Gasteiger partial charge in [-0.25, -0.2) is 0 Å². The van der Waals surface area contributed by atoms with Gasteiger partial charge >= 0.3 is 0 Å². The maximum absolute atomic E-state index is 10.3. The quantitative estimate of drug-likeness (QED) is 0.431. The van der Waals surface area contributed by atoms with Crippen LogP contribution < -0.4 is 5.73 Å². The van der Waals surface area contributed by atoms with Crippen LogP contribution in [0.4, 0.5) is 0 Å². The number of nitrogens with zero attached hydrogens (tertiary/aromatic N) is 1. The largest absolute Gasteiger partial charge is 0.458 e. The number of hydrogen-bond donors (Lipinski definition) is 2. The molecule has 1 heterocycles. The second-order valence-electron chi connectivity index (χ2n) is 3.40. The highest BCUT2D eigenvalue weighted by Crippen LogP contribution is 2.19. The van der Waals surface area contributed by atoms with Crippen LogP contribution in [0.2, 0.25) is 0 Å².